The topological polar surface area (TPSA) is 111 Å². The molecule has 0 radical (unpaired) electrons. The number of quaternary nitrogens is 1. The molecular weight excluding hydrogens is 966 g/mol. The van der Waals surface area contributed by atoms with Gasteiger partial charge < -0.3 is 27.9 Å². The summed E-state index contributed by atoms with van der Waals surface area (Å²) in [6, 6.07) is 0. The van der Waals surface area contributed by atoms with Crippen molar-refractivity contribution < 1.29 is 42.1 Å². The van der Waals surface area contributed by atoms with Crippen LogP contribution in [0.15, 0.2) is 146 Å². The minimum Gasteiger partial charge on any atom is -0.756 e. The van der Waals surface area contributed by atoms with Crippen molar-refractivity contribution in [1.82, 2.24) is 0 Å². The Balaban J connectivity index is 4.09. The second-order valence-corrected chi connectivity index (χ2v) is 21.7. The molecule has 0 saturated heterocycles. The number of allylic oxidation sites excluding steroid dienone is 24. The van der Waals surface area contributed by atoms with Crippen LogP contribution in [-0.2, 0) is 32.7 Å². The van der Waals surface area contributed by atoms with E-state index in [2.05, 4.69) is 160 Å². The van der Waals surface area contributed by atoms with Gasteiger partial charge in [0.15, 0.2) is 6.10 Å². The zero-order chi connectivity index (χ0) is 55.6. The fourth-order valence-electron chi connectivity index (χ4n) is 7.37. The van der Waals surface area contributed by atoms with Gasteiger partial charge in [-0.05, 0) is 116 Å². The summed E-state index contributed by atoms with van der Waals surface area (Å²) >= 11 is 0. The molecule has 0 amide bonds. The van der Waals surface area contributed by atoms with Gasteiger partial charge in [0.1, 0.15) is 19.8 Å². The van der Waals surface area contributed by atoms with Crippen molar-refractivity contribution in [2.45, 2.75) is 213 Å². The van der Waals surface area contributed by atoms with Gasteiger partial charge in [0.25, 0.3) is 7.82 Å². The van der Waals surface area contributed by atoms with E-state index in [0.717, 1.165) is 122 Å². The molecule has 9 nitrogen and oxygen atoms in total. The molecule has 0 rings (SSSR count). The predicted molar refractivity (Wildman–Crippen MR) is 323 cm³/mol. The molecule has 0 aromatic rings. The van der Waals surface area contributed by atoms with Crippen LogP contribution in [0.3, 0.4) is 0 Å². The van der Waals surface area contributed by atoms with Gasteiger partial charge in [-0.15, -0.1) is 0 Å². The van der Waals surface area contributed by atoms with Crippen molar-refractivity contribution >= 4 is 19.8 Å². The monoisotopic (exact) mass is 1070 g/mol. The molecule has 10 heteroatoms. The largest absolute Gasteiger partial charge is 0.756 e. The van der Waals surface area contributed by atoms with Crippen LogP contribution in [0.4, 0.5) is 0 Å². The first kappa shape index (κ1) is 71.9. The van der Waals surface area contributed by atoms with Crippen molar-refractivity contribution in [1.29, 1.82) is 0 Å². The molecule has 0 N–H and O–H groups in total. The van der Waals surface area contributed by atoms with E-state index >= 15 is 0 Å². The Bertz CT molecular complexity index is 1790. The molecule has 2 atom stereocenters. The standard InChI is InChI=1S/C66H108NO8P/c1-6-8-10-12-14-16-18-20-21-22-23-24-25-26-27-28-29-30-31-32-33-34-35-36-37-38-39-40-41-42-43-44-45-47-49-51-53-55-57-59-66(69)75-64(63-74-76(70,71)73-61-60-67(3,4)5)62-72-65(68)58-56-54-52-50-48-46-19-17-15-13-11-9-7-2/h8-11,14-17,20-21,23-24,26-27,29-30,32-33,35-36,38-39,46,48,64H,6-7,12-13,18-19,22,25,28,31,34,37,40-45,47,49-63H2,1-5H3/b10-8-,11-9-,16-14-,17-15-,21-20-,24-23-,27-26-,30-29-,33-32-,36-35-,39-38-,48-46-. The Kier molecular flexibility index (Phi) is 52.6. The summed E-state index contributed by atoms with van der Waals surface area (Å²) in [6.07, 6.45) is 82.0. The normalized spacial score (nSPS) is 14.3. The molecule has 0 saturated carbocycles. The van der Waals surface area contributed by atoms with Gasteiger partial charge >= 0.3 is 11.9 Å². The Labute approximate surface area is 465 Å². The number of ether oxygens (including phenoxy) is 2. The van der Waals surface area contributed by atoms with Gasteiger partial charge in [-0.1, -0.05) is 224 Å². The Morgan fingerprint density at radius 2 is 0.711 bits per heavy atom. The smallest absolute Gasteiger partial charge is 0.306 e. The molecule has 0 bridgehead atoms. The molecule has 76 heavy (non-hydrogen) atoms. The summed E-state index contributed by atoms with van der Waals surface area (Å²) in [5.74, 6) is -0.882. The second-order valence-electron chi connectivity index (χ2n) is 20.2. The number of rotatable bonds is 52. The Hall–Kier alpha value is -4.11. The van der Waals surface area contributed by atoms with E-state index in [0.29, 0.717) is 23.9 Å². The van der Waals surface area contributed by atoms with E-state index in [9.17, 15) is 19.0 Å². The summed E-state index contributed by atoms with van der Waals surface area (Å²) < 4.78 is 34.0. The number of nitrogens with zero attached hydrogens (tertiary/aromatic N) is 1. The fraction of sp³-hybridized carbons (Fsp3) is 0.606. The lowest BCUT2D eigenvalue weighted by atomic mass is 10.0. The highest BCUT2D eigenvalue weighted by molar-refractivity contribution is 7.45. The lowest BCUT2D eigenvalue weighted by Crippen LogP contribution is -2.37. The number of phosphoric acid groups is 1. The molecule has 0 heterocycles. The average molecular weight is 1070 g/mol. The average Bonchev–Trinajstić information content (AvgIpc) is 3.38. The lowest BCUT2D eigenvalue weighted by Gasteiger charge is -2.28. The molecule has 0 aromatic heterocycles. The predicted octanol–water partition coefficient (Wildman–Crippen LogP) is 18.1. The minimum absolute atomic E-state index is 0.0433. The van der Waals surface area contributed by atoms with Crippen LogP contribution in [0.2, 0.25) is 0 Å². The molecule has 0 aliphatic rings. The molecule has 2 unspecified atom stereocenters. The van der Waals surface area contributed by atoms with Crippen LogP contribution in [0.5, 0.6) is 0 Å². The van der Waals surface area contributed by atoms with Gasteiger partial charge in [-0.25, -0.2) is 0 Å². The quantitative estimate of drug-likeness (QED) is 0.0195. The molecule has 0 aromatic carbocycles. The van der Waals surface area contributed by atoms with E-state index in [1.165, 1.54) is 44.9 Å². The minimum atomic E-state index is -4.65. The van der Waals surface area contributed by atoms with Crippen molar-refractivity contribution in [2.75, 3.05) is 47.5 Å². The van der Waals surface area contributed by atoms with Gasteiger partial charge in [-0.3, -0.25) is 14.2 Å². The molecule has 0 aliphatic carbocycles. The molecule has 0 fully saturated rings. The summed E-state index contributed by atoms with van der Waals surface area (Å²) in [7, 11) is 1.13. The number of phosphoric ester groups is 1. The highest BCUT2D eigenvalue weighted by atomic mass is 31.2. The summed E-state index contributed by atoms with van der Waals surface area (Å²) in [6.45, 7) is 3.94. The summed E-state index contributed by atoms with van der Waals surface area (Å²) in [4.78, 5) is 37.8. The summed E-state index contributed by atoms with van der Waals surface area (Å²) in [5, 5.41) is 0. The van der Waals surface area contributed by atoms with Crippen molar-refractivity contribution in [2.24, 2.45) is 0 Å². The van der Waals surface area contributed by atoms with E-state index in [-0.39, 0.29) is 26.1 Å². The first-order valence-corrected chi connectivity index (χ1v) is 31.0. The Morgan fingerprint density at radius 1 is 0.408 bits per heavy atom. The number of carbonyl (C=O) groups is 2. The number of hydrogen-bond acceptors (Lipinski definition) is 8. The summed E-state index contributed by atoms with van der Waals surface area (Å²) in [5.41, 5.74) is 0. The van der Waals surface area contributed by atoms with E-state index in [1.807, 2.05) is 21.1 Å². The maximum atomic E-state index is 12.8. The van der Waals surface area contributed by atoms with E-state index < -0.39 is 32.5 Å². The van der Waals surface area contributed by atoms with Crippen LogP contribution in [0.1, 0.15) is 206 Å². The van der Waals surface area contributed by atoms with Gasteiger partial charge in [0.2, 0.25) is 0 Å². The third-order valence-corrected chi connectivity index (χ3v) is 12.8. The highest BCUT2D eigenvalue weighted by Gasteiger charge is 2.21. The number of carbonyl (C=O) groups excluding carboxylic acids is 2. The number of unbranched alkanes of at least 4 members (excludes halogenated alkanes) is 14. The van der Waals surface area contributed by atoms with Gasteiger partial charge in [0.05, 0.1) is 27.7 Å². The van der Waals surface area contributed by atoms with E-state index in [1.54, 1.807) is 0 Å². The zero-order valence-corrected chi connectivity index (χ0v) is 49.5. The zero-order valence-electron chi connectivity index (χ0n) is 48.6. The lowest BCUT2D eigenvalue weighted by molar-refractivity contribution is -0.870. The maximum absolute atomic E-state index is 12.8. The molecule has 0 spiro atoms. The first-order valence-electron chi connectivity index (χ1n) is 29.5. The van der Waals surface area contributed by atoms with Crippen molar-refractivity contribution in [3.05, 3.63) is 146 Å². The molecular formula is C66H108NO8P. The van der Waals surface area contributed by atoms with Crippen molar-refractivity contribution in [3.8, 4) is 0 Å². The van der Waals surface area contributed by atoms with Crippen LogP contribution in [0.25, 0.3) is 0 Å². The van der Waals surface area contributed by atoms with Crippen LogP contribution in [0, 0.1) is 0 Å². The van der Waals surface area contributed by atoms with Crippen LogP contribution < -0.4 is 4.89 Å². The van der Waals surface area contributed by atoms with Gasteiger partial charge in [-0.2, -0.15) is 0 Å². The van der Waals surface area contributed by atoms with Gasteiger partial charge in [0, 0.05) is 12.8 Å². The SMILES string of the molecule is CC/C=C\C/C=C\C/C=C\C/C=C\C/C=C\C/C=C\C/C=C\C/C=C\C/C=C\CCCCCCCCCCCCCC(=O)OC(COC(=O)CCCCC/C=C\C/C=C\C/C=C\CC)COP(=O)([O-])OCC[N+](C)(C)C. The third-order valence-electron chi connectivity index (χ3n) is 11.9. The number of likely N-dealkylation sites (N-methyl/N-ethyl adjacent to an activating group) is 1. The third kappa shape index (κ3) is 59.1. The molecule has 430 valence electrons. The number of esters is 2. The Morgan fingerprint density at radius 3 is 1.07 bits per heavy atom. The first-order chi connectivity index (χ1) is 37.0. The van der Waals surface area contributed by atoms with Crippen molar-refractivity contribution in [3.63, 3.8) is 0 Å². The maximum Gasteiger partial charge on any atom is 0.306 e. The van der Waals surface area contributed by atoms with E-state index in [4.69, 9.17) is 18.5 Å². The van der Waals surface area contributed by atoms with Crippen LogP contribution >= 0.6 is 7.82 Å². The number of hydrogen-bond donors (Lipinski definition) is 0. The highest BCUT2D eigenvalue weighted by Crippen LogP contribution is 2.38. The second kappa shape index (κ2) is 55.6. The fourth-order valence-corrected chi connectivity index (χ4v) is 8.10. The molecule has 0 aliphatic heterocycles. The van der Waals surface area contributed by atoms with Crippen LogP contribution in [-0.4, -0.2) is 70.0 Å².